The van der Waals surface area contributed by atoms with E-state index < -0.39 is 0 Å². The summed E-state index contributed by atoms with van der Waals surface area (Å²) in [7, 11) is 4.16. The zero-order valence-corrected chi connectivity index (χ0v) is 9.33. The summed E-state index contributed by atoms with van der Waals surface area (Å²) in [6.45, 7) is 2.15. The molecule has 2 nitrogen and oxygen atoms in total. The van der Waals surface area contributed by atoms with Crippen molar-refractivity contribution in [2.75, 3.05) is 14.1 Å². The maximum Gasteiger partial charge on any atom is 0.0505 e. The quantitative estimate of drug-likeness (QED) is 0.741. The van der Waals surface area contributed by atoms with Crippen molar-refractivity contribution in [1.29, 1.82) is 0 Å². The van der Waals surface area contributed by atoms with Crippen LogP contribution < -0.4 is 5.73 Å². The monoisotopic (exact) mass is 192 g/mol. The predicted molar refractivity (Wildman–Crippen MR) is 61.9 cm³/mol. The van der Waals surface area contributed by atoms with Crippen molar-refractivity contribution >= 4 is 0 Å². The van der Waals surface area contributed by atoms with E-state index in [2.05, 4.69) is 38.1 Å². The molecule has 0 fully saturated rings. The fourth-order valence-electron chi connectivity index (χ4n) is 1.86. The highest BCUT2D eigenvalue weighted by Gasteiger charge is 2.14. The van der Waals surface area contributed by atoms with Crippen molar-refractivity contribution in [2.24, 2.45) is 5.73 Å². The second-order valence-corrected chi connectivity index (χ2v) is 4.00. The number of likely N-dealkylation sites (N-methyl/N-ethyl adjacent to an activating group) is 1. The lowest BCUT2D eigenvalue weighted by Gasteiger charge is -2.25. The molecule has 0 radical (unpaired) electrons. The van der Waals surface area contributed by atoms with Crippen LogP contribution >= 0.6 is 0 Å². The average Bonchev–Trinajstić information content (AvgIpc) is 2.13. The number of nitrogens with two attached hydrogens (primary N) is 1. The molecule has 0 amide bonds. The first-order valence-electron chi connectivity index (χ1n) is 5.07. The van der Waals surface area contributed by atoms with Gasteiger partial charge in [0.25, 0.3) is 0 Å². The Morgan fingerprint density at radius 1 is 1.50 bits per heavy atom. The molecule has 1 unspecified atom stereocenters. The highest BCUT2D eigenvalue weighted by molar-refractivity contribution is 5.31. The highest BCUT2D eigenvalue weighted by Crippen LogP contribution is 2.22. The van der Waals surface area contributed by atoms with E-state index >= 15 is 0 Å². The molecule has 14 heavy (non-hydrogen) atoms. The van der Waals surface area contributed by atoms with Crippen LogP contribution in [0.25, 0.3) is 0 Å². The van der Waals surface area contributed by atoms with Crippen LogP contribution in [-0.4, -0.2) is 25.0 Å². The molecule has 0 aromatic rings. The van der Waals surface area contributed by atoms with Gasteiger partial charge in [0.15, 0.2) is 0 Å². The molecule has 0 spiro atoms. The van der Waals surface area contributed by atoms with Crippen LogP contribution in [0.5, 0.6) is 0 Å². The molecule has 1 atom stereocenters. The van der Waals surface area contributed by atoms with Crippen LogP contribution in [0.15, 0.2) is 35.6 Å². The summed E-state index contributed by atoms with van der Waals surface area (Å²) in [5.41, 5.74) is 8.28. The lowest BCUT2D eigenvalue weighted by Crippen LogP contribution is -2.28. The molecule has 0 saturated heterocycles. The minimum atomic E-state index is 0.351. The van der Waals surface area contributed by atoms with Crippen LogP contribution in [0.2, 0.25) is 0 Å². The first-order valence-corrected chi connectivity index (χ1v) is 5.07. The van der Waals surface area contributed by atoms with Gasteiger partial charge in [-0.05, 0) is 51.7 Å². The molecule has 2 N–H and O–H groups in total. The van der Waals surface area contributed by atoms with Gasteiger partial charge in [-0.3, -0.25) is 4.90 Å². The Balaban J connectivity index is 2.83. The highest BCUT2D eigenvalue weighted by atomic mass is 15.1. The zero-order valence-electron chi connectivity index (χ0n) is 9.33. The third-order valence-corrected chi connectivity index (χ3v) is 2.54. The average molecular weight is 192 g/mol. The van der Waals surface area contributed by atoms with Gasteiger partial charge in [-0.25, -0.2) is 0 Å². The van der Waals surface area contributed by atoms with Crippen molar-refractivity contribution < 1.29 is 0 Å². The molecule has 0 aromatic carbocycles. The van der Waals surface area contributed by atoms with Gasteiger partial charge in [0.05, 0.1) is 6.04 Å². The molecule has 1 aliphatic carbocycles. The van der Waals surface area contributed by atoms with Gasteiger partial charge < -0.3 is 5.73 Å². The van der Waals surface area contributed by atoms with E-state index in [0.29, 0.717) is 6.04 Å². The van der Waals surface area contributed by atoms with Crippen LogP contribution in [-0.2, 0) is 0 Å². The Morgan fingerprint density at radius 2 is 2.21 bits per heavy atom. The summed E-state index contributed by atoms with van der Waals surface area (Å²) in [6.07, 6.45) is 10.5. The Hall–Kier alpha value is -1.02. The Labute approximate surface area is 86.8 Å². The van der Waals surface area contributed by atoms with Crippen molar-refractivity contribution in [3.8, 4) is 0 Å². The van der Waals surface area contributed by atoms with Crippen LogP contribution in [0.3, 0.4) is 0 Å². The number of hydrogen-bond donors (Lipinski definition) is 1. The first-order chi connectivity index (χ1) is 6.65. The van der Waals surface area contributed by atoms with Gasteiger partial charge in [0.1, 0.15) is 0 Å². The third-order valence-electron chi connectivity index (χ3n) is 2.54. The number of nitrogens with zero attached hydrogens (tertiary/aromatic N) is 1. The van der Waals surface area contributed by atoms with E-state index in [9.17, 15) is 0 Å². The molecule has 1 aliphatic rings. The normalized spacial score (nSPS) is 19.7. The van der Waals surface area contributed by atoms with Crippen LogP contribution in [0.1, 0.15) is 19.8 Å². The molecular formula is C12H20N2. The Bertz CT molecular complexity index is 272. The van der Waals surface area contributed by atoms with E-state index in [0.717, 1.165) is 12.8 Å². The second-order valence-electron chi connectivity index (χ2n) is 4.00. The van der Waals surface area contributed by atoms with Gasteiger partial charge in [-0.1, -0.05) is 17.7 Å². The van der Waals surface area contributed by atoms with E-state index in [-0.39, 0.29) is 0 Å². The molecule has 78 valence electrons. The van der Waals surface area contributed by atoms with Crippen LogP contribution in [0.4, 0.5) is 0 Å². The van der Waals surface area contributed by atoms with Gasteiger partial charge in [0.2, 0.25) is 0 Å². The Kier molecular flexibility index (Phi) is 3.96. The largest absolute Gasteiger partial charge is 0.405 e. The van der Waals surface area contributed by atoms with Crippen molar-refractivity contribution in [3.63, 3.8) is 0 Å². The van der Waals surface area contributed by atoms with E-state index in [1.54, 1.807) is 6.20 Å². The maximum absolute atomic E-state index is 5.46. The van der Waals surface area contributed by atoms with Crippen molar-refractivity contribution in [3.05, 3.63) is 35.6 Å². The van der Waals surface area contributed by atoms with Gasteiger partial charge in [0, 0.05) is 0 Å². The van der Waals surface area contributed by atoms with Gasteiger partial charge >= 0.3 is 0 Å². The molecule has 1 rings (SSSR count). The van der Waals surface area contributed by atoms with Crippen LogP contribution in [0, 0.1) is 0 Å². The summed E-state index contributed by atoms with van der Waals surface area (Å²) in [6, 6.07) is 0.351. The molecule has 0 heterocycles. The summed E-state index contributed by atoms with van der Waals surface area (Å²) >= 11 is 0. The van der Waals surface area contributed by atoms with Gasteiger partial charge in [-0.2, -0.15) is 0 Å². The smallest absolute Gasteiger partial charge is 0.0505 e. The first kappa shape index (κ1) is 11.1. The lowest BCUT2D eigenvalue weighted by atomic mass is 9.94. The summed E-state index contributed by atoms with van der Waals surface area (Å²) < 4.78 is 0. The molecule has 0 aliphatic heterocycles. The minimum absolute atomic E-state index is 0.351. The molecule has 2 heteroatoms. The lowest BCUT2D eigenvalue weighted by molar-refractivity contribution is 0.371. The molecule has 0 aromatic heterocycles. The fraction of sp³-hybridized carbons (Fsp3) is 0.500. The SMILES string of the molecule is CC1=CCCC(C(C=CN)N(C)C)=C1. The van der Waals surface area contributed by atoms with E-state index in [4.69, 9.17) is 5.73 Å². The molecule has 0 saturated carbocycles. The number of allylic oxidation sites excluding steroid dienone is 3. The number of hydrogen-bond acceptors (Lipinski definition) is 2. The topological polar surface area (TPSA) is 29.3 Å². The molecule has 0 bridgehead atoms. The summed E-state index contributed by atoms with van der Waals surface area (Å²) in [4.78, 5) is 2.19. The molecular weight excluding hydrogens is 172 g/mol. The summed E-state index contributed by atoms with van der Waals surface area (Å²) in [5.74, 6) is 0. The predicted octanol–water partition coefficient (Wildman–Crippen LogP) is 2.06. The second kappa shape index (κ2) is 5.01. The maximum atomic E-state index is 5.46. The van der Waals surface area contributed by atoms with Crippen molar-refractivity contribution in [2.45, 2.75) is 25.8 Å². The van der Waals surface area contributed by atoms with E-state index in [1.165, 1.54) is 11.1 Å². The van der Waals surface area contributed by atoms with Gasteiger partial charge in [-0.15, -0.1) is 0 Å². The zero-order chi connectivity index (χ0) is 10.6. The number of rotatable bonds is 3. The summed E-state index contributed by atoms with van der Waals surface area (Å²) in [5, 5.41) is 0. The Morgan fingerprint density at radius 3 is 2.71 bits per heavy atom. The minimum Gasteiger partial charge on any atom is -0.405 e. The fourth-order valence-corrected chi connectivity index (χ4v) is 1.86. The van der Waals surface area contributed by atoms with E-state index in [1.807, 2.05) is 6.08 Å². The third kappa shape index (κ3) is 2.74. The standard InChI is InChI=1S/C12H20N2/c1-10-5-4-6-11(9-10)12(7-8-13)14(2)3/h5,7-9,12H,4,6,13H2,1-3H3. The van der Waals surface area contributed by atoms with Crippen molar-refractivity contribution in [1.82, 2.24) is 4.90 Å².